The third-order valence-electron chi connectivity index (χ3n) is 3.40. The smallest absolute Gasteiger partial charge is 0.348 e. The maximum atomic E-state index is 12.0. The highest BCUT2D eigenvalue weighted by atomic mass is 32.1. The molecule has 1 aromatic heterocycles. The summed E-state index contributed by atoms with van der Waals surface area (Å²) in [6, 6.07) is 10.4. The van der Waals surface area contributed by atoms with Crippen molar-refractivity contribution in [2.45, 2.75) is 13.0 Å². The molecule has 0 saturated heterocycles. The van der Waals surface area contributed by atoms with Gasteiger partial charge in [-0.1, -0.05) is 12.1 Å². The number of amides is 2. The minimum Gasteiger partial charge on any atom is -0.485 e. The second-order valence-electron chi connectivity index (χ2n) is 5.39. The van der Waals surface area contributed by atoms with Gasteiger partial charge in [0.2, 0.25) is 6.10 Å². The van der Waals surface area contributed by atoms with E-state index in [9.17, 15) is 14.4 Å². The van der Waals surface area contributed by atoms with Crippen molar-refractivity contribution in [2.75, 3.05) is 13.2 Å². The number of para-hydroxylation sites is 2. The first kappa shape index (κ1) is 17.7. The zero-order chi connectivity index (χ0) is 18.5. The third kappa shape index (κ3) is 4.31. The molecule has 0 radical (unpaired) electrons. The molecule has 0 aliphatic carbocycles. The van der Waals surface area contributed by atoms with Crippen LogP contribution in [0.1, 0.15) is 14.5 Å². The second kappa shape index (κ2) is 7.87. The van der Waals surface area contributed by atoms with E-state index >= 15 is 0 Å². The van der Waals surface area contributed by atoms with Gasteiger partial charge < -0.3 is 14.2 Å². The Morgan fingerprint density at radius 2 is 1.92 bits per heavy atom. The summed E-state index contributed by atoms with van der Waals surface area (Å²) in [5, 5.41) is 0. The average Bonchev–Trinajstić information content (AvgIpc) is 3.10. The molecule has 1 atom stereocenters. The third-order valence-corrected chi connectivity index (χ3v) is 4.38. The van der Waals surface area contributed by atoms with Gasteiger partial charge in [-0.25, -0.2) is 4.79 Å². The molecule has 26 heavy (non-hydrogen) atoms. The fourth-order valence-corrected chi connectivity index (χ4v) is 2.90. The highest BCUT2D eigenvalue weighted by Crippen LogP contribution is 2.30. The maximum Gasteiger partial charge on any atom is 0.348 e. The number of ether oxygens (including phenoxy) is 3. The number of fused-ring (bicyclic) bond motifs is 1. The van der Waals surface area contributed by atoms with Crippen LogP contribution in [0.15, 0.2) is 36.4 Å². The number of hydrogen-bond acceptors (Lipinski definition) is 7. The first-order valence-corrected chi connectivity index (χ1v) is 8.55. The molecular formula is C17H16N2O6S. The van der Waals surface area contributed by atoms with Crippen molar-refractivity contribution in [2.24, 2.45) is 0 Å². The van der Waals surface area contributed by atoms with Crippen LogP contribution < -0.4 is 20.3 Å². The lowest BCUT2D eigenvalue weighted by molar-refractivity contribution is -0.135. The van der Waals surface area contributed by atoms with E-state index in [1.807, 2.05) is 6.92 Å². The molecule has 1 aliphatic heterocycles. The first-order valence-electron chi connectivity index (χ1n) is 7.73. The predicted molar refractivity (Wildman–Crippen MR) is 92.0 cm³/mol. The van der Waals surface area contributed by atoms with Crippen molar-refractivity contribution in [3.63, 3.8) is 0 Å². The van der Waals surface area contributed by atoms with Crippen LogP contribution >= 0.6 is 11.3 Å². The standard InChI is InChI=1S/C17H16N2O6S/c1-10-6-7-14(26-10)17(22)24-9-15(20)18-19-16(21)13-8-23-11-4-2-3-5-12(11)25-13/h2-7,13H,8-9H2,1H3,(H,18,20)(H,19,21). The zero-order valence-corrected chi connectivity index (χ0v) is 14.6. The predicted octanol–water partition coefficient (Wildman–Crippen LogP) is 1.20. The van der Waals surface area contributed by atoms with E-state index in [1.165, 1.54) is 11.3 Å². The Bertz CT molecular complexity index is 834. The molecule has 0 spiro atoms. The summed E-state index contributed by atoms with van der Waals surface area (Å²) in [7, 11) is 0. The van der Waals surface area contributed by atoms with E-state index < -0.39 is 30.5 Å². The summed E-state index contributed by atoms with van der Waals surface area (Å²) in [5.41, 5.74) is 4.39. The van der Waals surface area contributed by atoms with Gasteiger partial charge in [0.15, 0.2) is 18.1 Å². The number of hydrogen-bond donors (Lipinski definition) is 2. The topological polar surface area (TPSA) is 103 Å². The first-order chi connectivity index (χ1) is 12.5. The van der Waals surface area contributed by atoms with E-state index in [-0.39, 0.29) is 6.61 Å². The molecule has 2 amide bonds. The van der Waals surface area contributed by atoms with Gasteiger partial charge in [-0.05, 0) is 31.2 Å². The molecule has 0 bridgehead atoms. The highest BCUT2D eigenvalue weighted by Gasteiger charge is 2.27. The number of carbonyl (C=O) groups is 3. The van der Waals surface area contributed by atoms with Crippen LogP contribution in [0, 0.1) is 6.92 Å². The zero-order valence-electron chi connectivity index (χ0n) is 13.8. The maximum absolute atomic E-state index is 12.0. The Balaban J connectivity index is 1.42. The Hall–Kier alpha value is -3.07. The summed E-state index contributed by atoms with van der Waals surface area (Å²) in [6.07, 6.45) is -0.901. The normalized spacial score (nSPS) is 15.0. The fourth-order valence-electron chi connectivity index (χ4n) is 2.14. The molecule has 0 fully saturated rings. The summed E-state index contributed by atoms with van der Waals surface area (Å²) in [4.78, 5) is 36.9. The van der Waals surface area contributed by atoms with Gasteiger partial charge in [-0.15, -0.1) is 11.3 Å². The molecule has 2 aromatic rings. The van der Waals surface area contributed by atoms with Crippen LogP contribution in [0.5, 0.6) is 11.5 Å². The molecule has 1 aliphatic rings. The average molecular weight is 376 g/mol. The summed E-state index contributed by atoms with van der Waals surface area (Å²) < 4.78 is 15.8. The van der Waals surface area contributed by atoms with Gasteiger partial charge >= 0.3 is 5.97 Å². The molecule has 1 aromatic carbocycles. The number of rotatable bonds is 4. The van der Waals surface area contributed by atoms with E-state index in [1.54, 1.807) is 36.4 Å². The fraction of sp³-hybridized carbons (Fsp3) is 0.235. The summed E-state index contributed by atoms with van der Waals surface area (Å²) >= 11 is 1.27. The largest absolute Gasteiger partial charge is 0.485 e. The molecule has 136 valence electrons. The monoisotopic (exact) mass is 376 g/mol. The Morgan fingerprint density at radius 1 is 1.15 bits per heavy atom. The van der Waals surface area contributed by atoms with Crippen molar-refractivity contribution in [3.8, 4) is 11.5 Å². The molecule has 3 rings (SSSR count). The Labute approximate surface area is 153 Å². The van der Waals surface area contributed by atoms with Crippen LogP contribution in [0.4, 0.5) is 0 Å². The quantitative estimate of drug-likeness (QED) is 0.614. The van der Waals surface area contributed by atoms with Crippen LogP contribution in [0.3, 0.4) is 0 Å². The molecule has 1 unspecified atom stereocenters. The van der Waals surface area contributed by atoms with Gasteiger partial charge in [-0.3, -0.25) is 20.4 Å². The number of aryl methyl sites for hydroxylation is 1. The van der Waals surface area contributed by atoms with Crippen molar-refractivity contribution in [3.05, 3.63) is 46.2 Å². The minimum atomic E-state index is -0.901. The van der Waals surface area contributed by atoms with E-state index in [2.05, 4.69) is 10.9 Å². The lowest BCUT2D eigenvalue weighted by Gasteiger charge is -2.25. The summed E-state index contributed by atoms with van der Waals surface area (Å²) in [5.74, 6) is -0.836. The Morgan fingerprint density at radius 3 is 2.65 bits per heavy atom. The number of carbonyl (C=O) groups excluding carboxylic acids is 3. The van der Waals surface area contributed by atoms with Gasteiger partial charge in [0.05, 0.1) is 0 Å². The molecule has 9 heteroatoms. The van der Waals surface area contributed by atoms with Crippen molar-refractivity contribution in [1.82, 2.24) is 10.9 Å². The molecule has 2 N–H and O–H groups in total. The highest BCUT2D eigenvalue weighted by molar-refractivity contribution is 7.13. The van der Waals surface area contributed by atoms with Gasteiger partial charge in [0.25, 0.3) is 11.8 Å². The van der Waals surface area contributed by atoms with Crippen LogP contribution in [-0.4, -0.2) is 37.1 Å². The van der Waals surface area contributed by atoms with E-state index in [0.29, 0.717) is 16.4 Å². The molecule has 8 nitrogen and oxygen atoms in total. The second-order valence-corrected chi connectivity index (χ2v) is 6.68. The van der Waals surface area contributed by atoms with Gasteiger partial charge in [-0.2, -0.15) is 0 Å². The minimum absolute atomic E-state index is 0.0193. The number of nitrogens with one attached hydrogen (secondary N) is 2. The lowest BCUT2D eigenvalue weighted by atomic mass is 10.2. The van der Waals surface area contributed by atoms with Crippen molar-refractivity contribution in [1.29, 1.82) is 0 Å². The SMILES string of the molecule is Cc1ccc(C(=O)OCC(=O)NNC(=O)C2COc3ccccc3O2)s1. The van der Waals surface area contributed by atoms with Crippen molar-refractivity contribution >= 4 is 29.1 Å². The number of esters is 1. The van der Waals surface area contributed by atoms with E-state index in [0.717, 1.165) is 4.88 Å². The summed E-state index contributed by atoms with van der Waals surface area (Å²) in [6.45, 7) is 1.37. The van der Waals surface area contributed by atoms with Gasteiger partial charge in [0, 0.05) is 4.88 Å². The van der Waals surface area contributed by atoms with Crippen LogP contribution in [0.25, 0.3) is 0 Å². The van der Waals surface area contributed by atoms with Crippen LogP contribution in [-0.2, 0) is 14.3 Å². The Kier molecular flexibility index (Phi) is 5.37. The van der Waals surface area contributed by atoms with Crippen LogP contribution in [0.2, 0.25) is 0 Å². The molecular weight excluding hydrogens is 360 g/mol. The van der Waals surface area contributed by atoms with Crippen molar-refractivity contribution < 1.29 is 28.6 Å². The van der Waals surface area contributed by atoms with E-state index in [4.69, 9.17) is 14.2 Å². The number of thiophene rings is 1. The number of benzene rings is 1. The van der Waals surface area contributed by atoms with Gasteiger partial charge in [0.1, 0.15) is 11.5 Å². The molecule has 0 saturated carbocycles. The lowest BCUT2D eigenvalue weighted by Crippen LogP contribution is -2.51. The molecule has 2 heterocycles. The number of hydrazine groups is 1.